The molecule has 0 aliphatic rings. The molecular weight excluding hydrogens is 496 g/mol. The van der Waals surface area contributed by atoms with Crippen LogP contribution in [0.2, 0.25) is 0 Å². The molecule has 0 unspecified atom stereocenters. The first-order valence-corrected chi connectivity index (χ1v) is 13.1. The van der Waals surface area contributed by atoms with E-state index in [0.717, 1.165) is 32.7 Å². The van der Waals surface area contributed by atoms with Crippen molar-refractivity contribution < 1.29 is 27.6 Å². The van der Waals surface area contributed by atoms with Crippen LogP contribution in [0.25, 0.3) is 20.4 Å². The smallest absolute Gasteiger partial charge is 0.294 e. The van der Waals surface area contributed by atoms with E-state index in [9.17, 15) is 13.0 Å². The Morgan fingerprint density at radius 3 is 2.06 bits per heavy atom. The zero-order chi connectivity index (χ0) is 22.9. The molecule has 0 saturated carbocycles. The quantitative estimate of drug-likeness (QED) is 0.166. The zero-order valence-corrected chi connectivity index (χ0v) is 20.1. The number of thiazole rings is 2. The van der Waals surface area contributed by atoms with Crippen LogP contribution >= 0.6 is 34.7 Å². The summed E-state index contributed by atoms with van der Waals surface area (Å²) in [6.45, 7) is 5.28. The van der Waals surface area contributed by atoms with Crippen molar-refractivity contribution in [2.75, 3.05) is 0 Å². The third-order valence-corrected chi connectivity index (χ3v) is 8.11. The van der Waals surface area contributed by atoms with Gasteiger partial charge in [-0.25, -0.2) is 5.26 Å². The summed E-state index contributed by atoms with van der Waals surface area (Å²) in [6.07, 6.45) is 0. The van der Waals surface area contributed by atoms with Gasteiger partial charge in [-0.15, -0.1) is 14.5 Å². The molecule has 14 heteroatoms. The molecule has 4 rings (SSSR count). The van der Waals surface area contributed by atoms with E-state index in [1.54, 1.807) is 6.07 Å². The molecule has 0 bridgehead atoms. The second kappa shape index (κ2) is 9.44. The first kappa shape index (κ1) is 23.1. The lowest BCUT2D eigenvalue weighted by Gasteiger charge is -2.01. The number of hydrogen-bond donors (Lipinski definition) is 2. The molecule has 4 aromatic rings. The van der Waals surface area contributed by atoms with Crippen LogP contribution in [0.1, 0.15) is 13.8 Å². The minimum absolute atomic E-state index is 0.157. The van der Waals surface area contributed by atoms with Crippen LogP contribution in [0.4, 0.5) is 0 Å². The molecule has 2 N–H and O–H groups in total. The van der Waals surface area contributed by atoms with Gasteiger partial charge in [-0.05, 0) is 50.2 Å². The van der Waals surface area contributed by atoms with Crippen molar-refractivity contribution in [3.05, 3.63) is 46.0 Å². The summed E-state index contributed by atoms with van der Waals surface area (Å²) in [7, 11) is -4.28. The average molecular weight is 515 g/mol. The van der Waals surface area contributed by atoms with Crippen LogP contribution in [-0.2, 0) is 32.6 Å². The fourth-order valence-corrected chi connectivity index (χ4v) is 6.45. The van der Waals surface area contributed by atoms with E-state index in [1.165, 1.54) is 34.8 Å². The number of fused-ring (bicyclic) bond motifs is 2. The van der Waals surface area contributed by atoms with Gasteiger partial charge in [0.15, 0.2) is 0 Å². The Morgan fingerprint density at radius 2 is 1.53 bits per heavy atom. The van der Waals surface area contributed by atoms with E-state index in [4.69, 9.17) is 5.26 Å². The van der Waals surface area contributed by atoms with Gasteiger partial charge in [0.2, 0.25) is 9.60 Å². The molecule has 0 fully saturated rings. The van der Waals surface area contributed by atoms with Crippen molar-refractivity contribution in [1.82, 2.24) is 9.13 Å². The summed E-state index contributed by atoms with van der Waals surface area (Å²) in [4.78, 5) is 1.90. The number of aryl methyl sites for hydroxylation is 2. The number of rotatable bonds is 7. The largest absolute Gasteiger partial charge is 0.315 e. The van der Waals surface area contributed by atoms with Crippen LogP contribution in [0, 0.1) is 0 Å². The molecule has 0 spiro atoms. The molecule has 2 heterocycles. The van der Waals surface area contributed by atoms with Gasteiger partial charge in [-0.1, -0.05) is 27.7 Å². The molecule has 32 heavy (non-hydrogen) atoms. The number of benzene rings is 2. The zero-order valence-electron chi connectivity index (χ0n) is 16.8. The van der Waals surface area contributed by atoms with Gasteiger partial charge < -0.3 is 9.13 Å². The van der Waals surface area contributed by atoms with Gasteiger partial charge in [0.05, 0.1) is 37.4 Å². The molecular formula is C18H18N4O6S4. The lowest BCUT2D eigenvalue weighted by Crippen LogP contribution is -2.16. The van der Waals surface area contributed by atoms with Crippen LogP contribution < -0.4 is 9.60 Å². The maximum absolute atomic E-state index is 11.5. The van der Waals surface area contributed by atoms with Gasteiger partial charge in [0.1, 0.15) is 0 Å². The Hall–Kier alpha value is -2.04. The standard InChI is InChI=1S/C18H18N4O6S4/c1-3-21-13-7-5-11(31-28-27-23)9-15(13)29-17(21)19-20-18-22(4-2)14-8-6-12(32(24,25)26)10-16(14)30-18/h5-10,23H,3-4H2,1-2H3,(H,24,25,26)/b19-17-,20-18-. The predicted octanol–water partition coefficient (Wildman–Crippen LogP) is 3.85. The van der Waals surface area contributed by atoms with Crippen LogP contribution in [-0.4, -0.2) is 27.4 Å². The number of nitrogens with zero attached hydrogens (tertiary/aromatic N) is 4. The van der Waals surface area contributed by atoms with Gasteiger partial charge in [0, 0.05) is 18.0 Å². The molecule has 0 radical (unpaired) electrons. The monoisotopic (exact) mass is 514 g/mol. The van der Waals surface area contributed by atoms with Gasteiger partial charge in [0.25, 0.3) is 10.1 Å². The van der Waals surface area contributed by atoms with E-state index in [2.05, 4.69) is 19.6 Å². The van der Waals surface area contributed by atoms with Crippen molar-refractivity contribution in [3.8, 4) is 0 Å². The minimum atomic E-state index is -4.28. The van der Waals surface area contributed by atoms with E-state index >= 15 is 0 Å². The minimum Gasteiger partial charge on any atom is -0.315 e. The fourth-order valence-electron chi connectivity index (χ4n) is 3.22. The van der Waals surface area contributed by atoms with E-state index in [1.807, 2.05) is 41.2 Å². The number of hydrogen-bond acceptors (Lipinski definition) is 10. The highest BCUT2D eigenvalue weighted by atomic mass is 32.2. The Balaban J connectivity index is 1.85. The molecule has 0 aliphatic carbocycles. The highest BCUT2D eigenvalue weighted by Gasteiger charge is 2.13. The molecule has 0 aliphatic heterocycles. The van der Waals surface area contributed by atoms with E-state index in [0.29, 0.717) is 27.4 Å². The lowest BCUT2D eigenvalue weighted by atomic mass is 10.3. The van der Waals surface area contributed by atoms with Crippen molar-refractivity contribution in [2.24, 2.45) is 10.2 Å². The summed E-state index contributed by atoms with van der Waals surface area (Å²) >= 11 is 3.64. The molecule has 2 aromatic heterocycles. The fraction of sp³-hybridized carbons (Fsp3) is 0.222. The van der Waals surface area contributed by atoms with Gasteiger partial charge >= 0.3 is 0 Å². The normalized spacial score (nSPS) is 13.6. The summed E-state index contributed by atoms with van der Waals surface area (Å²) in [5, 5.41) is 20.9. The Morgan fingerprint density at radius 1 is 0.969 bits per heavy atom. The topological polar surface area (TPSA) is 128 Å². The highest BCUT2D eigenvalue weighted by Crippen LogP contribution is 2.26. The van der Waals surface area contributed by atoms with Crippen molar-refractivity contribution >= 4 is 65.3 Å². The van der Waals surface area contributed by atoms with Gasteiger partial charge in [-0.3, -0.25) is 4.55 Å². The number of aromatic nitrogens is 2. The molecule has 170 valence electrons. The molecule has 0 amide bonds. The first-order valence-electron chi connectivity index (χ1n) is 9.32. The summed E-state index contributed by atoms with van der Waals surface area (Å²) in [5.74, 6) is 0. The SMILES string of the molecule is CCn1/c(=N/N=c2\sc3cc(S(=O)(=O)O)ccc3n2CC)sc2cc(SOOO)ccc21. The maximum atomic E-state index is 11.5. The molecule has 0 saturated heterocycles. The summed E-state index contributed by atoms with van der Waals surface area (Å²) in [5.41, 5.74) is 1.80. The average Bonchev–Trinajstić information content (AvgIpc) is 3.31. The van der Waals surface area contributed by atoms with Crippen LogP contribution in [0.3, 0.4) is 0 Å². The lowest BCUT2D eigenvalue weighted by molar-refractivity contribution is -0.432. The third kappa shape index (κ3) is 4.53. The molecule has 0 atom stereocenters. The Kier molecular flexibility index (Phi) is 6.83. The summed E-state index contributed by atoms with van der Waals surface area (Å²) in [6, 6.07) is 10.1. The van der Waals surface area contributed by atoms with Crippen molar-refractivity contribution in [3.63, 3.8) is 0 Å². The molecule has 10 nitrogen and oxygen atoms in total. The van der Waals surface area contributed by atoms with Crippen molar-refractivity contribution in [2.45, 2.75) is 36.7 Å². The second-order valence-corrected chi connectivity index (χ2v) is 10.6. The van der Waals surface area contributed by atoms with E-state index in [-0.39, 0.29) is 4.90 Å². The first-order chi connectivity index (χ1) is 15.4. The Bertz CT molecular complexity index is 1530. The van der Waals surface area contributed by atoms with Crippen molar-refractivity contribution in [1.29, 1.82) is 0 Å². The van der Waals surface area contributed by atoms with Crippen LogP contribution in [0.15, 0.2) is 56.4 Å². The van der Waals surface area contributed by atoms with Crippen LogP contribution in [0.5, 0.6) is 0 Å². The second-order valence-electron chi connectivity index (χ2n) is 6.42. The molecule has 2 aromatic carbocycles. The summed E-state index contributed by atoms with van der Waals surface area (Å²) < 4.78 is 42.4. The van der Waals surface area contributed by atoms with E-state index < -0.39 is 10.1 Å². The van der Waals surface area contributed by atoms with Gasteiger partial charge in [-0.2, -0.15) is 8.42 Å². The highest BCUT2D eigenvalue weighted by molar-refractivity contribution is 7.94. The maximum Gasteiger partial charge on any atom is 0.294 e. The third-order valence-electron chi connectivity index (χ3n) is 4.62. The predicted molar refractivity (Wildman–Crippen MR) is 123 cm³/mol. The Labute approximate surface area is 194 Å².